The Morgan fingerprint density at radius 3 is 2.57 bits per heavy atom. The molecule has 3 aromatic heterocycles. The van der Waals surface area contributed by atoms with Gasteiger partial charge in [-0.3, -0.25) is 0 Å². The fourth-order valence-corrected chi connectivity index (χ4v) is 3.05. The molecule has 0 fully saturated rings. The second kappa shape index (κ2) is 8.30. The van der Waals surface area contributed by atoms with Crippen LogP contribution in [0, 0.1) is 0 Å². The molecule has 3 rings (SSSR count). The van der Waals surface area contributed by atoms with Crippen molar-refractivity contribution in [1.29, 1.82) is 0 Å². The number of anilines is 2. The minimum Gasteiger partial charge on any atom is -0.489 e. The average Bonchev–Trinajstić information content (AvgIpc) is 3.10. The van der Waals surface area contributed by atoms with Crippen molar-refractivity contribution in [2.75, 3.05) is 5.32 Å². The Labute approximate surface area is 166 Å². The van der Waals surface area contributed by atoms with Gasteiger partial charge >= 0.3 is 5.97 Å². The summed E-state index contributed by atoms with van der Waals surface area (Å²) in [6.45, 7) is 7.86. The van der Waals surface area contributed by atoms with Crippen molar-refractivity contribution in [3.8, 4) is 17.3 Å². The third-order valence-electron chi connectivity index (χ3n) is 3.77. The van der Waals surface area contributed by atoms with E-state index >= 15 is 0 Å². The molecule has 2 N–H and O–H groups in total. The largest absolute Gasteiger partial charge is 0.489 e. The van der Waals surface area contributed by atoms with E-state index in [-0.39, 0.29) is 17.6 Å². The van der Waals surface area contributed by atoms with E-state index in [1.165, 1.54) is 17.7 Å². The van der Waals surface area contributed by atoms with Crippen molar-refractivity contribution in [2.24, 2.45) is 0 Å². The van der Waals surface area contributed by atoms with Crippen LogP contribution in [0.2, 0.25) is 0 Å². The third kappa shape index (κ3) is 4.61. The number of carboxylic acid groups (broad SMARTS) is 1. The van der Waals surface area contributed by atoms with E-state index in [9.17, 15) is 9.90 Å². The Morgan fingerprint density at radius 1 is 1.18 bits per heavy atom. The van der Waals surface area contributed by atoms with E-state index in [1.54, 1.807) is 12.3 Å². The fourth-order valence-electron chi connectivity index (χ4n) is 2.48. The smallest absolute Gasteiger partial charge is 0.337 e. The highest BCUT2D eigenvalue weighted by Gasteiger charge is 2.15. The molecule has 0 aliphatic heterocycles. The standard InChI is InChI=1S/C19H21N5O3S/c1-10(2)14-7-12(18(25)26)8-21-16(14)22-19-23-17(24-28-19)15-6-5-13(9-20-15)27-11(3)4/h5-11H,1-4H3,(H,25,26)(H,21,22,23,24). The summed E-state index contributed by atoms with van der Waals surface area (Å²) in [5.41, 5.74) is 1.59. The van der Waals surface area contributed by atoms with E-state index in [0.29, 0.717) is 28.2 Å². The van der Waals surface area contributed by atoms with Gasteiger partial charge in [0.05, 0.1) is 17.9 Å². The van der Waals surface area contributed by atoms with Gasteiger partial charge in [-0.15, -0.1) is 0 Å². The van der Waals surface area contributed by atoms with E-state index in [2.05, 4.69) is 24.6 Å². The molecular formula is C19H21N5O3S. The van der Waals surface area contributed by atoms with Crippen LogP contribution in [0.5, 0.6) is 5.75 Å². The maximum absolute atomic E-state index is 11.2. The zero-order chi connectivity index (χ0) is 20.3. The van der Waals surface area contributed by atoms with Gasteiger partial charge in [-0.2, -0.15) is 9.36 Å². The van der Waals surface area contributed by atoms with Crippen LogP contribution in [0.25, 0.3) is 11.5 Å². The quantitative estimate of drug-likeness (QED) is 0.603. The first-order valence-corrected chi connectivity index (χ1v) is 9.58. The molecule has 146 valence electrons. The predicted molar refractivity (Wildman–Crippen MR) is 107 cm³/mol. The van der Waals surface area contributed by atoms with E-state index < -0.39 is 5.97 Å². The average molecular weight is 399 g/mol. The molecule has 28 heavy (non-hydrogen) atoms. The summed E-state index contributed by atoms with van der Waals surface area (Å²) in [5.74, 6) is 0.844. The Hall–Kier alpha value is -3.07. The molecule has 0 spiro atoms. The fraction of sp³-hybridized carbons (Fsp3) is 0.316. The van der Waals surface area contributed by atoms with Crippen molar-refractivity contribution in [2.45, 2.75) is 39.7 Å². The summed E-state index contributed by atoms with van der Waals surface area (Å²) < 4.78 is 9.92. The van der Waals surface area contributed by atoms with Gasteiger partial charge in [0.25, 0.3) is 0 Å². The monoisotopic (exact) mass is 399 g/mol. The number of hydrogen-bond acceptors (Lipinski definition) is 8. The number of nitrogens with zero attached hydrogens (tertiary/aromatic N) is 4. The highest BCUT2D eigenvalue weighted by molar-refractivity contribution is 7.09. The molecule has 0 saturated carbocycles. The van der Waals surface area contributed by atoms with Gasteiger partial charge in [0, 0.05) is 17.7 Å². The molecule has 0 aromatic carbocycles. The van der Waals surface area contributed by atoms with Gasteiger partial charge in [0.1, 0.15) is 17.3 Å². The van der Waals surface area contributed by atoms with Crippen molar-refractivity contribution >= 4 is 28.5 Å². The van der Waals surface area contributed by atoms with Crippen molar-refractivity contribution in [3.63, 3.8) is 0 Å². The number of aromatic nitrogens is 4. The number of rotatable bonds is 7. The van der Waals surface area contributed by atoms with Gasteiger partial charge in [-0.25, -0.2) is 14.8 Å². The minimum absolute atomic E-state index is 0.0796. The number of ether oxygens (including phenoxy) is 1. The van der Waals surface area contributed by atoms with Crippen molar-refractivity contribution in [3.05, 3.63) is 41.7 Å². The molecule has 0 bridgehead atoms. The van der Waals surface area contributed by atoms with Crippen LogP contribution in [0.15, 0.2) is 30.6 Å². The Balaban J connectivity index is 1.80. The molecule has 3 heterocycles. The number of carbonyl (C=O) groups is 1. The summed E-state index contributed by atoms with van der Waals surface area (Å²) in [7, 11) is 0. The Morgan fingerprint density at radius 2 is 1.96 bits per heavy atom. The van der Waals surface area contributed by atoms with Crippen LogP contribution >= 0.6 is 11.5 Å². The molecule has 0 atom stereocenters. The van der Waals surface area contributed by atoms with Crippen molar-refractivity contribution in [1.82, 2.24) is 19.3 Å². The highest BCUT2D eigenvalue weighted by Crippen LogP contribution is 2.28. The summed E-state index contributed by atoms with van der Waals surface area (Å²) in [5, 5.41) is 12.9. The van der Waals surface area contributed by atoms with Gasteiger partial charge in [-0.1, -0.05) is 13.8 Å². The van der Waals surface area contributed by atoms with Crippen LogP contribution < -0.4 is 10.1 Å². The zero-order valence-corrected chi connectivity index (χ0v) is 16.8. The molecule has 0 aliphatic carbocycles. The molecule has 0 aliphatic rings. The lowest BCUT2D eigenvalue weighted by Gasteiger charge is -2.12. The molecule has 0 saturated heterocycles. The third-order valence-corrected chi connectivity index (χ3v) is 4.41. The maximum atomic E-state index is 11.2. The maximum Gasteiger partial charge on any atom is 0.337 e. The molecule has 8 nitrogen and oxygen atoms in total. The number of nitrogens with one attached hydrogen (secondary N) is 1. The van der Waals surface area contributed by atoms with Crippen LogP contribution in [0.1, 0.15) is 49.5 Å². The lowest BCUT2D eigenvalue weighted by atomic mass is 10.0. The topological polar surface area (TPSA) is 110 Å². The van der Waals surface area contributed by atoms with Crippen molar-refractivity contribution < 1.29 is 14.6 Å². The van der Waals surface area contributed by atoms with Gasteiger partial charge < -0.3 is 15.2 Å². The van der Waals surface area contributed by atoms with E-state index in [4.69, 9.17) is 4.74 Å². The first-order chi connectivity index (χ1) is 13.3. The zero-order valence-electron chi connectivity index (χ0n) is 16.0. The second-order valence-corrected chi connectivity index (χ2v) is 7.47. The van der Waals surface area contributed by atoms with Crippen LogP contribution in [0.4, 0.5) is 10.9 Å². The minimum atomic E-state index is -1.00. The normalized spacial score (nSPS) is 11.1. The lowest BCUT2D eigenvalue weighted by molar-refractivity contribution is 0.0696. The molecule has 0 amide bonds. The van der Waals surface area contributed by atoms with Crippen LogP contribution in [-0.2, 0) is 0 Å². The second-order valence-electron chi connectivity index (χ2n) is 6.72. The van der Waals surface area contributed by atoms with Crippen LogP contribution in [-0.4, -0.2) is 36.5 Å². The number of hydrogen-bond donors (Lipinski definition) is 2. The SMILES string of the molecule is CC(C)Oc1ccc(-c2nsc(Nc3ncc(C(=O)O)cc3C(C)C)n2)nc1. The molecular weight excluding hydrogens is 378 g/mol. The molecule has 0 unspecified atom stereocenters. The number of aromatic carboxylic acids is 1. The van der Waals surface area contributed by atoms with E-state index in [1.807, 2.05) is 39.8 Å². The number of carboxylic acids is 1. The summed E-state index contributed by atoms with van der Waals surface area (Å²) in [4.78, 5) is 24.3. The summed E-state index contributed by atoms with van der Waals surface area (Å²) >= 11 is 1.19. The Kier molecular flexibility index (Phi) is 5.84. The summed E-state index contributed by atoms with van der Waals surface area (Å²) in [6, 6.07) is 5.27. The van der Waals surface area contributed by atoms with E-state index in [0.717, 1.165) is 5.56 Å². The molecule has 9 heteroatoms. The van der Waals surface area contributed by atoms with Crippen LogP contribution in [0.3, 0.4) is 0 Å². The summed E-state index contributed by atoms with van der Waals surface area (Å²) in [6.07, 6.45) is 3.05. The first-order valence-electron chi connectivity index (χ1n) is 8.80. The van der Waals surface area contributed by atoms with Gasteiger partial charge in [-0.05, 0) is 43.5 Å². The molecule has 3 aromatic rings. The number of pyridine rings is 2. The predicted octanol–water partition coefficient (Wildman–Crippen LogP) is 4.35. The Bertz CT molecular complexity index is 970. The van der Waals surface area contributed by atoms with Gasteiger partial charge in [0.15, 0.2) is 5.82 Å². The van der Waals surface area contributed by atoms with Gasteiger partial charge in [0.2, 0.25) is 5.13 Å². The first kappa shape index (κ1) is 19.7. The highest BCUT2D eigenvalue weighted by atomic mass is 32.1. The molecule has 0 radical (unpaired) electrons. The lowest BCUT2D eigenvalue weighted by Crippen LogP contribution is -2.05.